The van der Waals surface area contributed by atoms with E-state index in [1.54, 1.807) is 0 Å². The molecule has 0 saturated heterocycles. The first-order valence-electron chi connectivity index (χ1n) is 5.28. The van der Waals surface area contributed by atoms with E-state index >= 15 is 0 Å². The van der Waals surface area contributed by atoms with Crippen LogP contribution < -0.4 is 4.90 Å². The lowest BCUT2D eigenvalue weighted by Gasteiger charge is -2.14. The Balaban J connectivity index is 2.47. The van der Waals surface area contributed by atoms with Crippen molar-refractivity contribution < 1.29 is 26.5 Å². The van der Waals surface area contributed by atoms with Gasteiger partial charge in [-0.05, 0) is 12.1 Å². The molecule has 0 unspecified atom stereocenters. The largest absolute Gasteiger partial charge is 0.471 e. The molecule has 0 aliphatic carbocycles. The Hall–Kier alpha value is -2.19. The molecule has 0 N–H and O–H groups in total. The Morgan fingerprint density at radius 1 is 1.10 bits per heavy atom. The third-order valence-electron chi connectivity index (χ3n) is 2.39. The van der Waals surface area contributed by atoms with Crippen LogP contribution in [0.25, 0.3) is 11.4 Å². The summed E-state index contributed by atoms with van der Waals surface area (Å²) in [6.07, 6.45) is -4.81. The number of halogens is 5. The zero-order valence-corrected chi connectivity index (χ0v) is 10.3. The van der Waals surface area contributed by atoms with Crippen LogP contribution in [-0.4, -0.2) is 24.2 Å². The summed E-state index contributed by atoms with van der Waals surface area (Å²) in [6, 6.07) is 1.67. The molecule has 0 spiro atoms. The summed E-state index contributed by atoms with van der Waals surface area (Å²) in [7, 11) is 2.86. The SMILES string of the molecule is CN(C)c1c(F)cc(-c2noc(C(F)(F)F)n2)cc1F. The van der Waals surface area contributed by atoms with Crippen molar-refractivity contribution >= 4 is 5.69 Å². The smallest absolute Gasteiger partial charge is 0.373 e. The van der Waals surface area contributed by atoms with E-state index in [1.807, 2.05) is 0 Å². The molecule has 0 radical (unpaired) electrons. The first kappa shape index (κ1) is 14.2. The van der Waals surface area contributed by atoms with Gasteiger partial charge in [0.15, 0.2) is 0 Å². The number of nitrogens with zero attached hydrogens (tertiary/aromatic N) is 3. The molecule has 20 heavy (non-hydrogen) atoms. The Kier molecular flexibility index (Phi) is 3.36. The minimum Gasteiger partial charge on any atom is -0.373 e. The predicted octanol–water partition coefficient (Wildman–Crippen LogP) is 3.10. The molecule has 0 saturated carbocycles. The van der Waals surface area contributed by atoms with E-state index in [1.165, 1.54) is 19.0 Å². The molecular weight excluding hydrogens is 285 g/mol. The van der Waals surface area contributed by atoms with Gasteiger partial charge in [0.1, 0.15) is 17.3 Å². The molecule has 0 atom stereocenters. The van der Waals surface area contributed by atoms with Crippen LogP contribution in [0.2, 0.25) is 0 Å². The highest BCUT2D eigenvalue weighted by molar-refractivity contribution is 5.61. The molecule has 108 valence electrons. The Morgan fingerprint density at radius 2 is 1.65 bits per heavy atom. The molecule has 2 rings (SSSR count). The van der Waals surface area contributed by atoms with Gasteiger partial charge in [-0.3, -0.25) is 0 Å². The second-order valence-corrected chi connectivity index (χ2v) is 4.10. The fourth-order valence-corrected chi connectivity index (χ4v) is 1.58. The van der Waals surface area contributed by atoms with Gasteiger partial charge >= 0.3 is 12.1 Å². The van der Waals surface area contributed by atoms with E-state index in [0.717, 1.165) is 12.1 Å². The lowest BCUT2D eigenvalue weighted by atomic mass is 10.1. The van der Waals surface area contributed by atoms with Gasteiger partial charge in [-0.2, -0.15) is 18.2 Å². The molecule has 0 aliphatic rings. The van der Waals surface area contributed by atoms with Crippen LogP contribution in [0.3, 0.4) is 0 Å². The van der Waals surface area contributed by atoms with E-state index in [2.05, 4.69) is 14.7 Å². The van der Waals surface area contributed by atoms with Gasteiger partial charge in [0.25, 0.3) is 0 Å². The number of anilines is 1. The molecular formula is C11H8F5N3O. The van der Waals surface area contributed by atoms with E-state index in [9.17, 15) is 22.0 Å². The van der Waals surface area contributed by atoms with Crippen LogP contribution in [0.5, 0.6) is 0 Å². The van der Waals surface area contributed by atoms with Crippen molar-refractivity contribution in [3.8, 4) is 11.4 Å². The minimum atomic E-state index is -4.81. The maximum atomic E-state index is 13.7. The Labute approximate surface area is 109 Å². The average Bonchev–Trinajstić information content (AvgIpc) is 2.75. The topological polar surface area (TPSA) is 42.2 Å². The third kappa shape index (κ3) is 2.56. The first-order valence-corrected chi connectivity index (χ1v) is 5.28. The van der Waals surface area contributed by atoms with E-state index in [4.69, 9.17) is 0 Å². The molecule has 0 amide bonds. The lowest BCUT2D eigenvalue weighted by molar-refractivity contribution is -0.159. The van der Waals surface area contributed by atoms with Crippen molar-refractivity contribution in [1.29, 1.82) is 0 Å². The normalized spacial score (nSPS) is 11.8. The van der Waals surface area contributed by atoms with Crippen LogP contribution in [0.1, 0.15) is 5.89 Å². The van der Waals surface area contributed by atoms with Gasteiger partial charge in [-0.25, -0.2) is 8.78 Å². The summed E-state index contributed by atoms with van der Waals surface area (Å²) in [5.74, 6) is -4.00. The van der Waals surface area contributed by atoms with Crippen molar-refractivity contribution in [2.45, 2.75) is 6.18 Å². The Morgan fingerprint density at radius 3 is 2.05 bits per heavy atom. The fraction of sp³-hybridized carbons (Fsp3) is 0.273. The van der Waals surface area contributed by atoms with Crippen molar-refractivity contribution in [1.82, 2.24) is 10.1 Å². The molecule has 0 fully saturated rings. The molecule has 9 heteroatoms. The monoisotopic (exact) mass is 293 g/mol. The molecule has 1 aromatic carbocycles. The highest BCUT2D eigenvalue weighted by Gasteiger charge is 2.38. The number of hydrogen-bond acceptors (Lipinski definition) is 4. The van der Waals surface area contributed by atoms with Gasteiger partial charge in [0.05, 0.1) is 0 Å². The molecule has 1 heterocycles. The average molecular weight is 293 g/mol. The van der Waals surface area contributed by atoms with Gasteiger partial charge in [0, 0.05) is 19.7 Å². The standard InChI is InChI=1S/C11H8F5N3O/c1-19(2)8-6(12)3-5(4-7(8)13)9-17-10(20-18-9)11(14,15)16/h3-4H,1-2H3. The number of hydrogen-bond donors (Lipinski definition) is 0. The number of alkyl halides is 3. The summed E-state index contributed by atoms with van der Waals surface area (Å²) in [5, 5.41) is 3.06. The molecule has 0 aliphatic heterocycles. The van der Waals surface area contributed by atoms with Gasteiger partial charge in [-0.15, -0.1) is 0 Å². The van der Waals surface area contributed by atoms with Crippen LogP contribution in [-0.2, 0) is 6.18 Å². The van der Waals surface area contributed by atoms with Gasteiger partial charge < -0.3 is 9.42 Å². The van der Waals surface area contributed by atoms with E-state index < -0.39 is 29.5 Å². The van der Waals surface area contributed by atoms with Crippen molar-refractivity contribution in [2.75, 3.05) is 19.0 Å². The van der Waals surface area contributed by atoms with Crippen LogP contribution >= 0.6 is 0 Å². The lowest BCUT2D eigenvalue weighted by Crippen LogP contribution is -2.13. The Bertz CT molecular complexity index is 612. The van der Waals surface area contributed by atoms with Crippen molar-refractivity contribution in [3.05, 3.63) is 29.7 Å². The zero-order valence-electron chi connectivity index (χ0n) is 10.3. The molecule has 0 bridgehead atoms. The van der Waals surface area contributed by atoms with Gasteiger partial charge in [0.2, 0.25) is 5.82 Å². The number of rotatable bonds is 2. The highest BCUT2D eigenvalue weighted by atomic mass is 19.4. The molecule has 4 nitrogen and oxygen atoms in total. The maximum Gasteiger partial charge on any atom is 0.471 e. The van der Waals surface area contributed by atoms with Crippen LogP contribution in [0.15, 0.2) is 16.7 Å². The number of aromatic nitrogens is 2. The second-order valence-electron chi connectivity index (χ2n) is 4.10. The quantitative estimate of drug-likeness (QED) is 0.798. The predicted molar refractivity (Wildman–Crippen MR) is 59.0 cm³/mol. The summed E-state index contributed by atoms with van der Waals surface area (Å²) >= 11 is 0. The summed E-state index contributed by atoms with van der Waals surface area (Å²) in [5.41, 5.74) is -0.557. The number of benzene rings is 1. The molecule has 1 aromatic heterocycles. The van der Waals surface area contributed by atoms with E-state index in [0.29, 0.717) is 0 Å². The fourth-order valence-electron chi connectivity index (χ4n) is 1.58. The van der Waals surface area contributed by atoms with Gasteiger partial charge in [-0.1, -0.05) is 5.16 Å². The van der Waals surface area contributed by atoms with E-state index in [-0.39, 0.29) is 11.3 Å². The summed E-state index contributed by atoms with van der Waals surface area (Å²) in [4.78, 5) is 4.26. The van der Waals surface area contributed by atoms with Crippen molar-refractivity contribution in [3.63, 3.8) is 0 Å². The summed E-state index contributed by atoms with van der Waals surface area (Å²) < 4.78 is 68.3. The first-order chi connectivity index (χ1) is 9.20. The zero-order chi connectivity index (χ0) is 15.1. The maximum absolute atomic E-state index is 13.7. The van der Waals surface area contributed by atoms with Crippen LogP contribution in [0.4, 0.5) is 27.6 Å². The summed E-state index contributed by atoms with van der Waals surface area (Å²) in [6.45, 7) is 0. The second kappa shape index (κ2) is 4.73. The minimum absolute atomic E-state index is 0.246. The van der Waals surface area contributed by atoms with Crippen molar-refractivity contribution in [2.24, 2.45) is 0 Å². The highest BCUT2D eigenvalue weighted by Crippen LogP contribution is 2.31. The molecule has 2 aromatic rings. The third-order valence-corrected chi connectivity index (χ3v) is 2.39. The van der Waals surface area contributed by atoms with Crippen LogP contribution in [0, 0.1) is 11.6 Å².